The average Bonchev–Trinajstić information content (AvgIpc) is 2.94. The summed E-state index contributed by atoms with van der Waals surface area (Å²) in [6.45, 7) is 8.46. The number of carbonyl (C=O) groups is 1. The minimum atomic E-state index is -0.142. The monoisotopic (exact) mass is 279 g/mol. The van der Waals surface area contributed by atoms with E-state index in [0.717, 1.165) is 39.0 Å². The second-order valence-electron chi connectivity index (χ2n) is 6.74. The second kappa shape index (κ2) is 5.64. The number of nitrogens with one attached hydrogen (secondary N) is 1. The van der Waals surface area contributed by atoms with E-state index in [1.54, 1.807) is 0 Å². The molecule has 4 heteroatoms. The molecular weight excluding hydrogens is 250 g/mol. The van der Waals surface area contributed by atoms with Gasteiger partial charge in [0.25, 0.3) is 0 Å². The lowest BCUT2D eigenvalue weighted by Crippen LogP contribution is -2.45. The number of hydrogen-bond donors (Lipinski definition) is 1. The highest BCUT2D eigenvalue weighted by Crippen LogP contribution is 2.45. The first-order valence-corrected chi connectivity index (χ1v) is 8.51. The molecule has 3 rings (SSSR count). The first kappa shape index (κ1) is 14.3. The highest BCUT2D eigenvalue weighted by Gasteiger charge is 2.60. The van der Waals surface area contributed by atoms with E-state index in [4.69, 9.17) is 0 Å². The summed E-state index contributed by atoms with van der Waals surface area (Å²) in [5, 5.41) is 3.70. The fourth-order valence-electron chi connectivity index (χ4n) is 3.98. The number of rotatable bonds is 6. The van der Waals surface area contributed by atoms with E-state index < -0.39 is 0 Å². The predicted molar refractivity (Wildman–Crippen MR) is 80.3 cm³/mol. The Morgan fingerprint density at radius 2 is 1.90 bits per heavy atom. The average molecular weight is 279 g/mol. The van der Waals surface area contributed by atoms with Gasteiger partial charge >= 0.3 is 0 Å². The van der Waals surface area contributed by atoms with Gasteiger partial charge in [-0.3, -0.25) is 10.1 Å². The summed E-state index contributed by atoms with van der Waals surface area (Å²) in [5.74, 6) is 1.08. The number of nitrogens with zero attached hydrogens (tertiary/aromatic N) is 2. The van der Waals surface area contributed by atoms with Crippen molar-refractivity contribution in [2.24, 2.45) is 5.92 Å². The normalized spacial score (nSPS) is 29.1. The lowest BCUT2D eigenvalue weighted by molar-refractivity contribution is -0.131. The maximum absolute atomic E-state index is 12.7. The van der Waals surface area contributed by atoms with E-state index in [-0.39, 0.29) is 5.54 Å². The molecule has 0 aromatic carbocycles. The summed E-state index contributed by atoms with van der Waals surface area (Å²) in [6.07, 6.45) is 7.70. The van der Waals surface area contributed by atoms with Crippen molar-refractivity contribution in [3.05, 3.63) is 0 Å². The van der Waals surface area contributed by atoms with Crippen molar-refractivity contribution in [3.63, 3.8) is 0 Å². The quantitative estimate of drug-likeness (QED) is 0.805. The Morgan fingerprint density at radius 1 is 1.25 bits per heavy atom. The van der Waals surface area contributed by atoms with Gasteiger partial charge < -0.3 is 9.80 Å². The molecular formula is C16H29N3O. The summed E-state index contributed by atoms with van der Waals surface area (Å²) in [5.41, 5.74) is -0.142. The molecule has 0 radical (unpaired) electrons. The van der Waals surface area contributed by atoms with Gasteiger partial charge in [-0.25, -0.2) is 0 Å². The third kappa shape index (κ3) is 2.48. The molecule has 1 atom stereocenters. The lowest BCUT2D eigenvalue weighted by Gasteiger charge is -2.31. The summed E-state index contributed by atoms with van der Waals surface area (Å²) >= 11 is 0. The fraction of sp³-hybridized carbons (Fsp3) is 0.938. The van der Waals surface area contributed by atoms with E-state index in [1.165, 1.54) is 25.7 Å². The molecule has 1 spiro atoms. The SMILES string of the molecule is CCN(CC)CCN1C(=O)C2(CC2)NC1C1CCCC1. The second-order valence-corrected chi connectivity index (χ2v) is 6.74. The number of carbonyl (C=O) groups excluding carboxylic acids is 1. The van der Waals surface area contributed by atoms with Crippen LogP contribution in [0.25, 0.3) is 0 Å². The summed E-state index contributed by atoms with van der Waals surface area (Å²) in [7, 11) is 0. The van der Waals surface area contributed by atoms with E-state index in [0.29, 0.717) is 18.0 Å². The first-order valence-electron chi connectivity index (χ1n) is 8.51. The largest absolute Gasteiger partial charge is 0.324 e. The smallest absolute Gasteiger partial charge is 0.244 e. The molecule has 0 aromatic rings. The minimum Gasteiger partial charge on any atom is -0.324 e. The summed E-state index contributed by atoms with van der Waals surface area (Å²) < 4.78 is 0. The van der Waals surface area contributed by atoms with Crippen LogP contribution in [-0.4, -0.2) is 53.6 Å². The Kier molecular flexibility index (Phi) is 4.04. The zero-order chi connectivity index (χ0) is 14.2. The molecule has 1 N–H and O–H groups in total. The van der Waals surface area contributed by atoms with E-state index in [9.17, 15) is 4.79 Å². The molecule has 1 aliphatic heterocycles. The molecule has 1 amide bonds. The van der Waals surface area contributed by atoms with Gasteiger partial charge in [0.15, 0.2) is 0 Å². The molecule has 0 aromatic heterocycles. The van der Waals surface area contributed by atoms with Gasteiger partial charge in [0.05, 0.1) is 11.7 Å². The molecule has 114 valence electrons. The highest BCUT2D eigenvalue weighted by atomic mass is 16.2. The molecule has 1 heterocycles. The van der Waals surface area contributed by atoms with Crippen LogP contribution >= 0.6 is 0 Å². The lowest BCUT2D eigenvalue weighted by atomic mass is 10.0. The van der Waals surface area contributed by atoms with Crippen molar-refractivity contribution in [2.75, 3.05) is 26.2 Å². The standard InChI is InChI=1S/C16H29N3O/c1-3-18(4-2)11-12-19-14(13-7-5-6-8-13)17-16(9-10-16)15(19)20/h13-14,17H,3-12H2,1-2H3. The van der Waals surface area contributed by atoms with Crippen LogP contribution in [0.2, 0.25) is 0 Å². The number of likely N-dealkylation sites (N-methyl/N-ethyl adjacent to an activating group) is 1. The zero-order valence-electron chi connectivity index (χ0n) is 13.0. The van der Waals surface area contributed by atoms with E-state index in [2.05, 4.69) is 29.0 Å². The molecule has 0 bridgehead atoms. The molecule has 1 unspecified atom stereocenters. The molecule has 2 aliphatic carbocycles. The van der Waals surface area contributed by atoms with Crippen molar-refractivity contribution in [3.8, 4) is 0 Å². The van der Waals surface area contributed by atoms with Gasteiger partial charge in [0, 0.05) is 13.1 Å². The topological polar surface area (TPSA) is 35.6 Å². The third-order valence-corrected chi connectivity index (χ3v) is 5.58. The molecule has 4 nitrogen and oxygen atoms in total. The number of hydrogen-bond acceptors (Lipinski definition) is 3. The first-order chi connectivity index (χ1) is 9.70. The van der Waals surface area contributed by atoms with Crippen LogP contribution in [-0.2, 0) is 4.79 Å². The molecule has 3 fully saturated rings. The van der Waals surface area contributed by atoms with Crippen molar-refractivity contribution < 1.29 is 4.79 Å². The minimum absolute atomic E-state index is 0.142. The maximum Gasteiger partial charge on any atom is 0.244 e. The predicted octanol–water partition coefficient (Wildman–Crippen LogP) is 1.81. The van der Waals surface area contributed by atoms with Crippen LogP contribution < -0.4 is 5.32 Å². The molecule has 3 aliphatic rings. The van der Waals surface area contributed by atoms with Crippen LogP contribution in [0, 0.1) is 5.92 Å². The van der Waals surface area contributed by atoms with Gasteiger partial charge in [-0.05, 0) is 44.7 Å². The van der Waals surface area contributed by atoms with Crippen LogP contribution in [0.3, 0.4) is 0 Å². The van der Waals surface area contributed by atoms with E-state index >= 15 is 0 Å². The highest BCUT2D eigenvalue weighted by molar-refractivity contribution is 5.91. The Hall–Kier alpha value is -0.610. The van der Waals surface area contributed by atoms with Crippen molar-refractivity contribution in [2.45, 2.75) is 64.1 Å². The van der Waals surface area contributed by atoms with Gasteiger partial charge in [-0.15, -0.1) is 0 Å². The molecule has 20 heavy (non-hydrogen) atoms. The Balaban J connectivity index is 1.66. The third-order valence-electron chi connectivity index (χ3n) is 5.58. The maximum atomic E-state index is 12.7. The Labute approximate surface area is 122 Å². The van der Waals surface area contributed by atoms with Crippen LogP contribution in [0.4, 0.5) is 0 Å². The Bertz CT molecular complexity index is 357. The molecule has 1 saturated heterocycles. The number of amides is 1. The van der Waals surface area contributed by atoms with Gasteiger partial charge in [-0.2, -0.15) is 0 Å². The molecule has 2 saturated carbocycles. The van der Waals surface area contributed by atoms with Gasteiger partial charge in [0.1, 0.15) is 0 Å². The van der Waals surface area contributed by atoms with Crippen LogP contribution in [0.5, 0.6) is 0 Å². The van der Waals surface area contributed by atoms with Crippen LogP contribution in [0.15, 0.2) is 0 Å². The fourth-order valence-corrected chi connectivity index (χ4v) is 3.98. The zero-order valence-corrected chi connectivity index (χ0v) is 13.0. The Morgan fingerprint density at radius 3 is 2.45 bits per heavy atom. The van der Waals surface area contributed by atoms with E-state index in [1.807, 2.05) is 0 Å². The van der Waals surface area contributed by atoms with Crippen LogP contribution in [0.1, 0.15) is 52.4 Å². The van der Waals surface area contributed by atoms with Gasteiger partial charge in [0.2, 0.25) is 5.91 Å². The van der Waals surface area contributed by atoms with Gasteiger partial charge in [-0.1, -0.05) is 26.7 Å². The summed E-state index contributed by atoms with van der Waals surface area (Å²) in [4.78, 5) is 17.3. The van der Waals surface area contributed by atoms with Crippen molar-refractivity contribution in [1.29, 1.82) is 0 Å². The summed E-state index contributed by atoms with van der Waals surface area (Å²) in [6, 6.07) is 0. The van der Waals surface area contributed by atoms with Crippen molar-refractivity contribution >= 4 is 5.91 Å². The van der Waals surface area contributed by atoms with Crippen molar-refractivity contribution in [1.82, 2.24) is 15.1 Å².